The van der Waals surface area contributed by atoms with E-state index in [1.165, 1.54) is 0 Å². The van der Waals surface area contributed by atoms with Crippen LogP contribution >= 0.6 is 11.6 Å². The molecule has 1 atom stereocenters. The molecule has 1 heterocycles. The maximum atomic E-state index is 6.11. The van der Waals surface area contributed by atoms with Gasteiger partial charge in [-0.1, -0.05) is 0 Å². The lowest BCUT2D eigenvalue weighted by molar-refractivity contribution is 0.180. The van der Waals surface area contributed by atoms with E-state index >= 15 is 0 Å². The monoisotopic (exact) mass is 260 g/mol. The van der Waals surface area contributed by atoms with E-state index in [2.05, 4.69) is 28.8 Å². The van der Waals surface area contributed by atoms with Gasteiger partial charge in [0, 0.05) is 19.7 Å². The third-order valence-electron chi connectivity index (χ3n) is 2.41. The average Bonchev–Trinajstić information content (AvgIpc) is 2.65. The van der Waals surface area contributed by atoms with Crippen LogP contribution in [0.15, 0.2) is 6.33 Å². The number of alkyl halides is 1. The molecule has 5 nitrogen and oxygen atoms in total. The van der Waals surface area contributed by atoms with E-state index in [-0.39, 0.29) is 5.38 Å². The number of methoxy groups -OCH3 is 1. The molecule has 0 aliphatic heterocycles. The number of hydrogen-bond donors (Lipinski definition) is 0. The molecule has 98 valence electrons. The molecule has 0 amide bonds. The molecule has 1 aromatic rings. The first-order valence-electron chi connectivity index (χ1n) is 5.74. The highest BCUT2D eigenvalue weighted by atomic mass is 35.5. The lowest BCUT2D eigenvalue weighted by Gasteiger charge is -2.20. The molecule has 1 unspecified atom stereocenters. The summed E-state index contributed by atoms with van der Waals surface area (Å²) in [6.45, 7) is 6.25. The second kappa shape index (κ2) is 6.93. The predicted molar refractivity (Wildman–Crippen MR) is 68.3 cm³/mol. The molecule has 17 heavy (non-hydrogen) atoms. The molecule has 0 saturated carbocycles. The molecule has 0 aliphatic rings. The van der Waals surface area contributed by atoms with Gasteiger partial charge in [-0.25, -0.2) is 9.67 Å². The fourth-order valence-corrected chi connectivity index (χ4v) is 2.06. The lowest BCUT2D eigenvalue weighted by atomic mass is 10.3. The number of hydrogen-bond acceptors (Lipinski definition) is 4. The van der Waals surface area contributed by atoms with E-state index in [1.54, 1.807) is 13.4 Å². The predicted octanol–water partition coefficient (Wildman–Crippen LogP) is 1.54. The van der Waals surface area contributed by atoms with Crippen molar-refractivity contribution in [2.75, 3.05) is 27.3 Å². The van der Waals surface area contributed by atoms with Crippen molar-refractivity contribution in [2.24, 2.45) is 0 Å². The van der Waals surface area contributed by atoms with Crippen LogP contribution in [0.25, 0.3) is 0 Å². The number of halogens is 1. The number of nitrogens with zero attached hydrogens (tertiary/aromatic N) is 4. The van der Waals surface area contributed by atoms with Gasteiger partial charge in [0.05, 0.1) is 18.5 Å². The Morgan fingerprint density at radius 3 is 2.82 bits per heavy atom. The summed E-state index contributed by atoms with van der Waals surface area (Å²) in [5.41, 5.74) is 0. The van der Waals surface area contributed by atoms with E-state index in [0.717, 1.165) is 18.9 Å². The summed E-state index contributed by atoms with van der Waals surface area (Å²) in [5.74, 6) is 0.962. The SMILES string of the molecule is COCC(Cl)CN(C)Cc1ncnn1C(C)C. The third-order valence-corrected chi connectivity index (χ3v) is 2.67. The fraction of sp³-hybridized carbons (Fsp3) is 0.818. The second-order valence-electron chi connectivity index (χ2n) is 4.46. The van der Waals surface area contributed by atoms with Gasteiger partial charge >= 0.3 is 0 Å². The standard InChI is InChI=1S/C11H21ClN4O/c1-9(2)16-11(13-8-14-16)6-15(3)5-10(12)7-17-4/h8-10H,5-7H2,1-4H3. The number of rotatable bonds is 7. The fourth-order valence-electron chi connectivity index (χ4n) is 1.70. The van der Waals surface area contributed by atoms with Crippen molar-refractivity contribution in [3.8, 4) is 0 Å². The molecule has 0 bridgehead atoms. The molecule has 0 aromatic carbocycles. The molecule has 0 spiro atoms. The van der Waals surface area contributed by atoms with Crippen molar-refractivity contribution in [1.29, 1.82) is 0 Å². The van der Waals surface area contributed by atoms with E-state index < -0.39 is 0 Å². The van der Waals surface area contributed by atoms with Gasteiger partial charge in [0.1, 0.15) is 12.2 Å². The van der Waals surface area contributed by atoms with Crippen molar-refractivity contribution in [3.63, 3.8) is 0 Å². The Labute approximate surface area is 108 Å². The summed E-state index contributed by atoms with van der Waals surface area (Å²) in [7, 11) is 3.68. The van der Waals surface area contributed by atoms with Gasteiger partial charge in [-0.05, 0) is 20.9 Å². The van der Waals surface area contributed by atoms with E-state index in [0.29, 0.717) is 12.6 Å². The van der Waals surface area contributed by atoms with E-state index in [9.17, 15) is 0 Å². The molecule has 0 N–H and O–H groups in total. The first-order valence-corrected chi connectivity index (χ1v) is 6.18. The highest BCUT2D eigenvalue weighted by Crippen LogP contribution is 2.08. The smallest absolute Gasteiger partial charge is 0.141 e. The highest BCUT2D eigenvalue weighted by Gasteiger charge is 2.13. The van der Waals surface area contributed by atoms with Crippen molar-refractivity contribution in [1.82, 2.24) is 19.7 Å². The molecular formula is C11H21ClN4O. The van der Waals surface area contributed by atoms with Crippen LogP contribution in [0.1, 0.15) is 25.7 Å². The van der Waals surface area contributed by atoms with E-state index in [1.807, 2.05) is 11.7 Å². The molecular weight excluding hydrogens is 240 g/mol. The van der Waals surface area contributed by atoms with Crippen molar-refractivity contribution >= 4 is 11.6 Å². The number of aromatic nitrogens is 3. The van der Waals surface area contributed by atoms with Gasteiger partial charge in [-0.15, -0.1) is 11.6 Å². The molecule has 1 rings (SSSR count). The summed E-state index contributed by atoms with van der Waals surface area (Å²) < 4.78 is 6.94. The Bertz CT molecular complexity index is 329. The second-order valence-corrected chi connectivity index (χ2v) is 5.08. The quantitative estimate of drug-likeness (QED) is 0.698. The molecule has 0 saturated heterocycles. The zero-order valence-electron chi connectivity index (χ0n) is 10.9. The van der Waals surface area contributed by atoms with Crippen LogP contribution < -0.4 is 0 Å². The lowest BCUT2D eigenvalue weighted by Crippen LogP contribution is -2.29. The van der Waals surface area contributed by atoms with Gasteiger partial charge in [0.15, 0.2) is 0 Å². The summed E-state index contributed by atoms with van der Waals surface area (Å²) in [5, 5.41) is 4.21. The van der Waals surface area contributed by atoms with Crippen LogP contribution in [0.4, 0.5) is 0 Å². The first kappa shape index (κ1) is 14.4. The van der Waals surface area contributed by atoms with Gasteiger partial charge in [0.2, 0.25) is 0 Å². The summed E-state index contributed by atoms with van der Waals surface area (Å²) >= 11 is 6.11. The molecule has 1 aromatic heterocycles. The van der Waals surface area contributed by atoms with Crippen LogP contribution in [0.5, 0.6) is 0 Å². The highest BCUT2D eigenvalue weighted by molar-refractivity contribution is 6.20. The van der Waals surface area contributed by atoms with Gasteiger partial charge < -0.3 is 4.74 Å². The Morgan fingerprint density at radius 2 is 2.24 bits per heavy atom. The Balaban J connectivity index is 2.50. The topological polar surface area (TPSA) is 43.2 Å². The van der Waals surface area contributed by atoms with Crippen LogP contribution in [-0.4, -0.2) is 52.4 Å². The van der Waals surface area contributed by atoms with Gasteiger partial charge in [-0.3, -0.25) is 4.90 Å². The molecule has 0 radical (unpaired) electrons. The van der Waals surface area contributed by atoms with E-state index in [4.69, 9.17) is 16.3 Å². The summed E-state index contributed by atoms with van der Waals surface area (Å²) in [6, 6.07) is 0.326. The zero-order valence-corrected chi connectivity index (χ0v) is 11.7. The Kier molecular flexibility index (Phi) is 5.88. The Hall–Kier alpha value is -0.650. The minimum absolute atomic E-state index is 0.000390. The molecule has 0 aliphatic carbocycles. The van der Waals surface area contributed by atoms with Crippen LogP contribution in [-0.2, 0) is 11.3 Å². The maximum Gasteiger partial charge on any atom is 0.141 e. The third kappa shape index (κ3) is 4.61. The summed E-state index contributed by atoms with van der Waals surface area (Å²) in [4.78, 5) is 6.39. The van der Waals surface area contributed by atoms with Crippen LogP contribution in [0.2, 0.25) is 0 Å². The van der Waals surface area contributed by atoms with Crippen LogP contribution in [0, 0.1) is 0 Å². The van der Waals surface area contributed by atoms with Crippen molar-refractivity contribution in [2.45, 2.75) is 31.8 Å². The number of ether oxygens (including phenoxy) is 1. The largest absolute Gasteiger partial charge is 0.383 e. The minimum atomic E-state index is 0.000390. The minimum Gasteiger partial charge on any atom is -0.383 e. The average molecular weight is 261 g/mol. The maximum absolute atomic E-state index is 6.11. The summed E-state index contributed by atoms with van der Waals surface area (Å²) in [6.07, 6.45) is 1.59. The Morgan fingerprint density at radius 1 is 1.53 bits per heavy atom. The normalized spacial score (nSPS) is 13.6. The molecule has 6 heteroatoms. The van der Waals surface area contributed by atoms with Crippen molar-refractivity contribution < 1.29 is 4.74 Å². The first-order chi connectivity index (χ1) is 8.04. The van der Waals surface area contributed by atoms with Gasteiger partial charge in [0.25, 0.3) is 0 Å². The molecule has 0 fully saturated rings. The zero-order chi connectivity index (χ0) is 12.8. The van der Waals surface area contributed by atoms with Gasteiger partial charge in [-0.2, -0.15) is 5.10 Å². The van der Waals surface area contributed by atoms with Crippen molar-refractivity contribution in [3.05, 3.63) is 12.2 Å². The van der Waals surface area contributed by atoms with Crippen LogP contribution in [0.3, 0.4) is 0 Å².